The lowest BCUT2D eigenvalue weighted by atomic mass is 10.2. The molecule has 0 aliphatic rings. The lowest BCUT2D eigenvalue weighted by molar-refractivity contribution is -0.116. The molecule has 30 heavy (non-hydrogen) atoms. The summed E-state index contributed by atoms with van der Waals surface area (Å²) in [5, 5.41) is 13.5. The third-order valence-corrected chi connectivity index (χ3v) is 5.86. The van der Waals surface area contributed by atoms with Crippen LogP contribution in [0.25, 0.3) is 16.0 Å². The molecule has 3 aromatic heterocycles. The van der Waals surface area contributed by atoms with Crippen molar-refractivity contribution in [3.63, 3.8) is 0 Å². The van der Waals surface area contributed by atoms with Crippen LogP contribution in [0.15, 0.2) is 40.5 Å². The van der Waals surface area contributed by atoms with E-state index in [4.69, 9.17) is 0 Å². The molecule has 0 spiro atoms. The quantitative estimate of drug-likeness (QED) is 0.487. The molecule has 0 bridgehead atoms. The van der Waals surface area contributed by atoms with Crippen molar-refractivity contribution in [2.75, 3.05) is 5.32 Å². The van der Waals surface area contributed by atoms with E-state index in [0.29, 0.717) is 42.2 Å². The highest BCUT2D eigenvalue weighted by molar-refractivity contribution is 7.17. The highest BCUT2D eigenvalue weighted by Gasteiger charge is 2.18. The van der Waals surface area contributed by atoms with Gasteiger partial charge in [-0.25, -0.2) is 0 Å². The molecule has 7 nitrogen and oxygen atoms in total. The second kappa shape index (κ2) is 8.39. The smallest absolute Gasteiger partial charge is 0.272 e. The first kappa shape index (κ1) is 20.3. The van der Waals surface area contributed by atoms with Crippen LogP contribution in [0.3, 0.4) is 0 Å². The van der Waals surface area contributed by atoms with Crippen LogP contribution in [0.1, 0.15) is 38.1 Å². The third kappa shape index (κ3) is 4.00. The third-order valence-electron chi connectivity index (χ3n) is 4.97. The van der Waals surface area contributed by atoms with Crippen LogP contribution in [0, 0.1) is 12.8 Å². The van der Waals surface area contributed by atoms with E-state index < -0.39 is 0 Å². The minimum atomic E-state index is -0.0231. The van der Waals surface area contributed by atoms with Crippen LogP contribution >= 0.6 is 11.3 Å². The van der Waals surface area contributed by atoms with E-state index in [1.807, 2.05) is 47.0 Å². The Morgan fingerprint density at radius 2 is 1.93 bits per heavy atom. The molecular weight excluding hydrogens is 398 g/mol. The molecule has 1 aromatic carbocycles. The monoisotopic (exact) mass is 423 g/mol. The van der Waals surface area contributed by atoms with E-state index in [-0.39, 0.29) is 11.5 Å². The Labute approximate surface area is 178 Å². The summed E-state index contributed by atoms with van der Waals surface area (Å²) in [6, 6.07) is 9.69. The van der Waals surface area contributed by atoms with Crippen molar-refractivity contribution >= 4 is 38.9 Å². The van der Waals surface area contributed by atoms with Crippen LogP contribution in [0.4, 0.5) is 5.69 Å². The summed E-state index contributed by atoms with van der Waals surface area (Å²) in [4.78, 5) is 25.2. The van der Waals surface area contributed by atoms with Gasteiger partial charge >= 0.3 is 0 Å². The number of fused-ring (bicyclic) bond motifs is 3. The molecule has 0 unspecified atom stereocenters. The number of anilines is 1. The van der Waals surface area contributed by atoms with Crippen LogP contribution in [0.2, 0.25) is 0 Å². The summed E-state index contributed by atoms with van der Waals surface area (Å²) in [5.41, 5.74) is 2.78. The summed E-state index contributed by atoms with van der Waals surface area (Å²) < 4.78 is 4.39. The first-order valence-corrected chi connectivity index (χ1v) is 11.0. The molecule has 1 amide bonds. The highest BCUT2D eigenvalue weighted by Crippen LogP contribution is 2.21. The van der Waals surface area contributed by atoms with E-state index in [2.05, 4.69) is 29.4 Å². The lowest BCUT2D eigenvalue weighted by Crippen LogP contribution is -2.24. The van der Waals surface area contributed by atoms with Crippen LogP contribution in [-0.4, -0.2) is 25.1 Å². The van der Waals surface area contributed by atoms with Crippen molar-refractivity contribution in [2.45, 2.75) is 46.6 Å². The number of nitrogens with zero attached hydrogens (tertiary/aromatic N) is 4. The van der Waals surface area contributed by atoms with Gasteiger partial charge in [-0.3, -0.25) is 18.6 Å². The first-order valence-electron chi connectivity index (χ1n) is 10.1. The Morgan fingerprint density at radius 3 is 2.67 bits per heavy atom. The van der Waals surface area contributed by atoms with Gasteiger partial charge in [-0.15, -0.1) is 21.5 Å². The molecule has 3 heterocycles. The van der Waals surface area contributed by atoms with Gasteiger partial charge in [0.05, 0.1) is 5.52 Å². The van der Waals surface area contributed by atoms with Gasteiger partial charge in [0.2, 0.25) is 11.7 Å². The van der Waals surface area contributed by atoms with Crippen LogP contribution in [-0.2, 0) is 17.8 Å². The Hall–Kier alpha value is -3.00. The number of nitrogens with one attached hydrogen (secondary N) is 1. The zero-order valence-corrected chi connectivity index (χ0v) is 18.2. The van der Waals surface area contributed by atoms with Crippen LogP contribution in [0.5, 0.6) is 0 Å². The molecule has 0 aliphatic carbocycles. The summed E-state index contributed by atoms with van der Waals surface area (Å²) in [6.45, 7) is 6.75. The Bertz CT molecular complexity index is 1250. The van der Waals surface area contributed by atoms with Crippen LogP contribution < -0.4 is 10.9 Å². The normalized spacial score (nSPS) is 11.6. The molecule has 0 saturated heterocycles. The summed E-state index contributed by atoms with van der Waals surface area (Å²) >= 11 is 1.44. The second-order valence-electron chi connectivity index (χ2n) is 7.96. The molecule has 0 atom stereocenters. The number of hydrogen-bond acceptors (Lipinski definition) is 5. The molecule has 156 valence electrons. The van der Waals surface area contributed by atoms with E-state index in [0.717, 1.165) is 22.6 Å². The minimum absolute atomic E-state index is 0.0161. The van der Waals surface area contributed by atoms with Gasteiger partial charge in [0.25, 0.3) is 5.56 Å². The van der Waals surface area contributed by atoms with Crippen molar-refractivity contribution in [1.82, 2.24) is 19.2 Å². The standard InChI is InChI=1S/C22H25N5O2S/c1-14(2)13-26-21(29)20-17(11-12-30-20)27-18(24-25-22(26)27)5-4-6-19(28)23-16-9-7-15(3)8-10-16/h7-12,14H,4-6,13H2,1-3H3,(H,23,28). The molecule has 0 fully saturated rings. The van der Waals surface area contributed by atoms with Crippen molar-refractivity contribution < 1.29 is 4.79 Å². The summed E-state index contributed by atoms with van der Waals surface area (Å²) in [5.74, 6) is 1.63. The van der Waals surface area contributed by atoms with E-state index in [1.165, 1.54) is 11.3 Å². The number of thiophene rings is 1. The van der Waals surface area contributed by atoms with Gasteiger partial charge in [-0.1, -0.05) is 31.5 Å². The number of carbonyl (C=O) groups excluding carboxylic acids is 1. The number of hydrogen-bond donors (Lipinski definition) is 1. The van der Waals surface area contributed by atoms with Crippen molar-refractivity contribution in [2.24, 2.45) is 5.92 Å². The van der Waals surface area contributed by atoms with E-state index in [1.54, 1.807) is 4.57 Å². The fraction of sp³-hybridized carbons (Fsp3) is 0.364. The van der Waals surface area contributed by atoms with Gasteiger partial charge in [-0.2, -0.15) is 0 Å². The average Bonchev–Trinajstić information content (AvgIpc) is 3.34. The predicted octanol–water partition coefficient (Wildman–Crippen LogP) is 4.03. The number of aryl methyl sites for hydroxylation is 2. The highest BCUT2D eigenvalue weighted by atomic mass is 32.1. The molecule has 8 heteroatoms. The summed E-state index contributed by atoms with van der Waals surface area (Å²) in [7, 11) is 0. The van der Waals surface area contributed by atoms with E-state index in [9.17, 15) is 9.59 Å². The van der Waals surface area contributed by atoms with Crippen molar-refractivity contribution in [3.05, 3.63) is 57.5 Å². The molecule has 4 aromatic rings. The molecule has 0 radical (unpaired) electrons. The van der Waals surface area contributed by atoms with E-state index >= 15 is 0 Å². The van der Waals surface area contributed by atoms with Crippen molar-refractivity contribution in [3.8, 4) is 0 Å². The zero-order chi connectivity index (χ0) is 21.3. The second-order valence-corrected chi connectivity index (χ2v) is 8.88. The summed E-state index contributed by atoms with van der Waals surface area (Å²) in [6.07, 6.45) is 1.64. The number of rotatable bonds is 7. The lowest BCUT2D eigenvalue weighted by Gasteiger charge is -2.11. The molecule has 1 N–H and O–H groups in total. The number of aromatic nitrogens is 4. The van der Waals surface area contributed by atoms with Gasteiger partial charge in [0.1, 0.15) is 10.5 Å². The predicted molar refractivity (Wildman–Crippen MR) is 120 cm³/mol. The fourth-order valence-corrected chi connectivity index (χ4v) is 4.36. The first-order chi connectivity index (χ1) is 14.4. The van der Waals surface area contributed by atoms with Crippen molar-refractivity contribution in [1.29, 1.82) is 0 Å². The number of amides is 1. The van der Waals surface area contributed by atoms with Gasteiger partial charge in [0.15, 0.2) is 0 Å². The maximum absolute atomic E-state index is 12.9. The topological polar surface area (TPSA) is 81.3 Å². The Balaban J connectivity index is 1.53. The Kier molecular flexibility index (Phi) is 5.67. The molecule has 4 rings (SSSR count). The SMILES string of the molecule is Cc1ccc(NC(=O)CCCc2nnc3n(CC(C)C)c(=O)c4sccc4n23)cc1. The van der Waals surface area contributed by atoms with Gasteiger partial charge < -0.3 is 5.32 Å². The molecular formula is C22H25N5O2S. The van der Waals surface area contributed by atoms with Gasteiger partial charge in [0, 0.05) is 25.1 Å². The number of carbonyl (C=O) groups is 1. The van der Waals surface area contributed by atoms with Gasteiger partial charge in [-0.05, 0) is 42.8 Å². The largest absolute Gasteiger partial charge is 0.326 e. The number of benzene rings is 1. The molecule has 0 saturated carbocycles. The minimum Gasteiger partial charge on any atom is -0.326 e. The maximum Gasteiger partial charge on any atom is 0.272 e. The fourth-order valence-electron chi connectivity index (χ4n) is 3.54. The molecule has 0 aliphatic heterocycles. The zero-order valence-electron chi connectivity index (χ0n) is 17.4. The average molecular weight is 424 g/mol. The maximum atomic E-state index is 12.9. The Morgan fingerprint density at radius 1 is 1.17 bits per heavy atom.